The monoisotopic (exact) mass is 193 g/mol. The standard InChI is InChI=1S/C13H23N/c1-5-6-7-9-13(12(2,3)4)10-8-11-14-13/h1,14H,6-11H2,2-4H3. The molecule has 1 nitrogen and oxygen atoms in total. The van der Waals surface area contributed by atoms with Crippen LogP contribution in [0, 0.1) is 17.8 Å². The molecule has 1 heterocycles. The Labute approximate surface area is 88.7 Å². The third-order valence-electron chi connectivity index (χ3n) is 3.60. The van der Waals surface area contributed by atoms with Gasteiger partial charge in [-0.05, 0) is 37.6 Å². The van der Waals surface area contributed by atoms with E-state index in [-0.39, 0.29) is 0 Å². The van der Waals surface area contributed by atoms with Crippen molar-refractivity contribution < 1.29 is 0 Å². The maximum absolute atomic E-state index is 5.30. The Hall–Kier alpha value is -0.480. The van der Waals surface area contributed by atoms with E-state index in [0.717, 1.165) is 12.8 Å². The van der Waals surface area contributed by atoms with E-state index in [4.69, 9.17) is 6.42 Å². The quantitative estimate of drug-likeness (QED) is 0.537. The van der Waals surface area contributed by atoms with Crippen LogP contribution in [0.15, 0.2) is 0 Å². The molecule has 1 N–H and O–H groups in total. The van der Waals surface area contributed by atoms with Gasteiger partial charge in [-0.1, -0.05) is 20.8 Å². The summed E-state index contributed by atoms with van der Waals surface area (Å²) in [5.41, 5.74) is 0.682. The van der Waals surface area contributed by atoms with E-state index >= 15 is 0 Å². The fourth-order valence-corrected chi connectivity index (χ4v) is 2.53. The van der Waals surface area contributed by atoms with Crippen LogP contribution < -0.4 is 5.32 Å². The second kappa shape index (κ2) is 4.36. The SMILES string of the molecule is C#CCCCC1(C(C)(C)C)CCCN1. The minimum absolute atomic E-state index is 0.337. The summed E-state index contributed by atoms with van der Waals surface area (Å²) >= 11 is 0. The van der Waals surface area contributed by atoms with E-state index in [1.165, 1.54) is 25.8 Å². The summed E-state index contributed by atoms with van der Waals surface area (Å²) in [7, 11) is 0. The lowest BCUT2D eigenvalue weighted by Gasteiger charge is -2.42. The Morgan fingerprint density at radius 3 is 2.57 bits per heavy atom. The van der Waals surface area contributed by atoms with Gasteiger partial charge in [0.2, 0.25) is 0 Å². The van der Waals surface area contributed by atoms with E-state index in [2.05, 4.69) is 32.0 Å². The van der Waals surface area contributed by atoms with Crippen molar-refractivity contribution in [3.05, 3.63) is 0 Å². The van der Waals surface area contributed by atoms with Gasteiger partial charge in [-0.3, -0.25) is 0 Å². The van der Waals surface area contributed by atoms with Crippen LogP contribution in [0.4, 0.5) is 0 Å². The highest BCUT2D eigenvalue weighted by atomic mass is 15.0. The first-order valence-electron chi connectivity index (χ1n) is 5.70. The van der Waals surface area contributed by atoms with Crippen molar-refractivity contribution in [1.82, 2.24) is 5.32 Å². The maximum Gasteiger partial charge on any atom is 0.0230 e. The molecule has 1 aliphatic rings. The molecule has 0 aromatic heterocycles. The molecule has 0 radical (unpaired) electrons. The van der Waals surface area contributed by atoms with E-state index in [0.29, 0.717) is 11.0 Å². The number of unbranched alkanes of at least 4 members (excludes halogenated alkanes) is 1. The molecule has 80 valence electrons. The zero-order chi connectivity index (χ0) is 10.7. The van der Waals surface area contributed by atoms with Gasteiger partial charge in [0.05, 0.1) is 0 Å². The normalized spacial score (nSPS) is 27.6. The molecule has 0 bridgehead atoms. The van der Waals surface area contributed by atoms with Crippen LogP contribution in [-0.4, -0.2) is 12.1 Å². The van der Waals surface area contributed by atoms with Crippen LogP contribution in [0.3, 0.4) is 0 Å². The van der Waals surface area contributed by atoms with Gasteiger partial charge in [-0.25, -0.2) is 0 Å². The fraction of sp³-hybridized carbons (Fsp3) is 0.846. The lowest BCUT2D eigenvalue weighted by Crippen LogP contribution is -2.50. The molecule has 0 aromatic carbocycles. The zero-order valence-electron chi connectivity index (χ0n) is 9.82. The molecular formula is C13H23N. The molecular weight excluding hydrogens is 170 g/mol. The molecule has 1 atom stereocenters. The number of nitrogens with one attached hydrogen (secondary N) is 1. The number of terminal acetylenes is 1. The van der Waals surface area contributed by atoms with E-state index < -0.39 is 0 Å². The first-order valence-corrected chi connectivity index (χ1v) is 5.70. The van der Waals surface area contributed by atoms with E-state index in [1.807, 2.05) is 0 Å². The van der Waals surface area contributed by atoms with Crippen molar-refractivity contribution >= 4 is 0 Å². The summed E-state index contributed by atoms with van der Waals surface area (Å²) in [5, 5.41) is 3.70. The summed E-state index contributed by atoms with van der Waals surface area (Å²) in [6.07, 6.45) is 11.2. The smallest absolute Gasteiger partial charge is 0.0230 e. The van der Waals surface area contributed by atoms with Gasteiger partial charge in [-0.15, -0.1) is 12.3 Å². The third kappa shape index (κ3) is 2.30. The molecule has 0 aromatic rings. The summed E-state index contributed by atoms with van der Waals surface area (Å²) in [5.74, 6) is 2.73. The average molecular weight is 193 g/mol. The molecule has 1 unspecified atom stereocenters. The van der Waals surface area contributed by atoms with E-state index in [9.17, 15) is 0 Å². The fourth-order valence-electron chi connectivity index (χ4n) is 2.53. The minimum Gasteiger partial charge on any atom is -0.311 e. The Morgan fingerprint density at radius 1 is 1.43 bits per heavy atom. The molecule has 0 spiro atoms. The first kappa shape index (κ1) is 11.6. The van der Waals surface area contributed by atoms with Crippen LogP contribution in [-0.2, 0) is 0 Å². The Kier molecular flexibility index (Phi) is 3.61. The molecule has 1 saturated heterocycles. The Morgan fingerprint density at radius 2 is 2.14 bits per heavy atom. The van der Waals surface area contributed by atoms with Gasteiger partial charge < -0.3 is 5.32 Å². The van der Waals surface area contributed by atoms with Gasteiger partial charge in [0, 0.05) is 12.0 Å². The summed E-state index contributed by atoms with van der Waals surface area (Å²) in [6.45, 7) is 8.18. The second-order valence-corrected chi connectivity index (χ2v) is 5.42. The lowest BCUT2D eigenvalue weighted by molar-refractivity contribution is 0.145. The second-order valence-electron chi connectivity index (χ2n) is 5.42. The van der Waals surface area contributed by atoms with Crippen molar-refractivity contribution in [2.24, 2.45) is 5.41 Å². The van der Waals surface area contributed by atoms with Crippen LogP contribution >= 0.6 is 0 Å². The highest BCUT2D eigenvalue weighted by molar-refractivity contribution is 5.02. The van der Waals surface area contributed by atoms with Gasteiger partial charge in [-0.2, -0.15) is 0 Å². The van der Waals surface area contributed by atoms with Gasteiger partial charge in [0.25, 0.3) is 0 Å². The number of hydrogen-bond donors (Lipinski definition) is 1. The molecule has 1 rings (SSSR count). The minimum atomic E-state index is 0.337. The van der Waals surface area contributed by atoms with Crippen molar-refractivity contribution in [3.8, 4) is 12.3 Å². The van der Waals surface area contributed by atoms with Gasteiger partial charge in [0.15, 0.2) is 0 Å². The zero-order valence-corrected chi connectivity index (χ0v) is 9.82. The third-order valence-corrected chi connectivity index (χ3v) is 3.60. The summed E-state index contributed by atoms with van der Waals surface area (Å²) < 4.78 is 0. The van der Waals surface area contributed by atoms with Crippen LogP contribution in [0.25, 0.3) is 0 Å². The number of hydrogen-bond acceptors (Lipinski definition) is 1. The topological polar surface area (TPSA) is 12.0 Å². The predicted octanol–water partition coefficient (Wildman–Crippen LogP) is 2.96. The highest BCUT2D eigenvalue weighted by Gasteiger charge is 2.42. The average Bonchev–Trinajstić information content (AvgIpc) is 2.53. The summed E-state index contributed by atoms with van der Waals surface area (Å²) in [4.78, 5) is 0. The van der Waals surface area contributed by atoms with Crippen LogP contribution in [0.1, 0.15) is 52.9 Å². The molecule has 1 fully saturated rings. The maximum atomic E-state index is 5.30. The molecule has 1 aliphatic heterocycles. The molecule has 0 amide bonds. The van der Waals surface area contributed by atoms with Crippen molar-refractivity contribution in [2.45, 2.75) is 58.4 Å². The van der Waals surface area contributed by atoms with E-state index in [1.54, 1.807) is 0 Å². The van der Waals surface area contributed by atoms with Crippen molar-refractivity contribution in [2.75, 3.05) is 6.54 Å². The molecule has 0 saturated carbocycles. The summed E-state index contributed by atoms with van der Waals surface area (Å²) in [6, 6.07) is 0. The van der Waals surface area contributed by atoms with Gasteiger partial charge in [0.1, 0.15) is 0 Å². The Bertz CT molecular complexity index is 210. The lowest BCUT2D eigenvalue weighted by atomic mass is 9.70. The van der Waals surface area contributed by atoms with Crippen LogP contribution in [0.5, 0.6) is 0 Å². The molecule has 0 aliphatic carbocycles. The highest BCUT2D eigenvalue weighted by Crippen LogP contribution is 2.40. The van der Waals surface area contributed by atoms with Crippen LogP contribution in [0.2, 0.25) is 0 Å². The number of rotatable bonds is 3. The predicted molar refractivity (Wildman–Crippen MR) is 62.1 cm³/mol. The van der Waals surface area contributed by atoms with Gasteiger partial charge >= 0.3 is 0 Å². The molecule has 14 heavy (non-hydrogen) atoms. The molecule has 1 heteroatoms. The Balaban J connectivity index is 2.59. The first-order chi connectivity index (χ1) is 6.52. The van der Waals surface area contributed by atoms with Crippen molar-refractivity contribution in [1.29, 1.82) is 0 Å². The van der Waals surface area contributed by atoms with Crippen molar-refractivity contribution in [3.63, 3.8) is 0 Å². The largest absolute Gasteiger partial charge is 0.311 e.